The molecule has 1 heterocycles. The fraction of sp³-hybridized carbons (Fsp3) is 0.333. The zero-order valence-corrected chi connectivity index (χ0v) is 11.0. The number of amides is 2. The molecule has 1 aromatic carbocycles. The van der Waals surface area contributed by atoms with Crippen LogP contribution in [0, 0.1) is 0 Å². The number of rotatable bonds is 3. The highest BCUT2D eigenvalue weighted by Gasteiger charge is 2.31. The molecule has 2 rings (SSSR count). The molecule has 1 saturated heterocycles. The molecule has 0 aromatic heterocycles. The molecule has 5 heteroatoms. The van der Waals surface area contributed by atoms with Crippen LogP contribution in [0.3, 0.4) is 0 Å². The number of hydrogen-bond donors (Lipinski definition) is 2. The highest BCUT2D eigenvalue weighted by Crippen LogP contribution is 2.18. The molecule has 2 amide bonds. The SMILES string of the molecule is C[C@H](NC1CC(=O)NC1=O)c1ccc(Br)cc1. The summed E-state index contributed by atoms with van der Waals surface area (Å²) in [5.74, 6) is -0.450. The first kappa shape index (κ1) is 12.3. The number of imide groups is 1. The first-order valence-corrected chi connectivity index (χ1v) is 6.21. The second-order valence-electron chi connectivity index (χ2n) is 4.11. The van der Waals surface area contributed by atoms with E-state index in [-0.39, 0.29) is 24.3 Å². The lowest BCUT2D eigenvalue weighted by Crippen LogP contribution is -2.37. The minimum atomic E-state index is -0.416. The van der Waals surface area contributed by atoms with Crippen molar-refractivity contribution in [2.45, 2.75) is 25.4 Å². The van der Waals surface area contributed by atoms with Crippen LogP contribution in [-0.4, -0.2) is 17.9 Å². The highest BCUT2D eigenvalue weighted by molar-refractivity contribution is 9.10. The quantitative estimate of drug-likeness (QED) is 0.832. The van der Waals surface area contributed by atoms with E-state index in [1.807, 2.05) is 31.2 Å². The van der Waals surface area contributed by atoms with Gasteiger partial charge in [-0.1, -0.05) is 28.1 Å². The normalized spacial score (nSPS) is 21.4. The van der Waals surface area contributed by atoms with E-state index < -0.39 is 6.04 Å². The first-order chi connectivity index (χ1) is 8.06. The predicted octanol–water partition coefficient (Wildman–Crippen LogP) is 1.51. The van der Waals surface area contributed by atoms with E-state index in [0.29, 0.717) is 0 Å². The molecule has 0 radical (unpaired) electrons. The van der Waals surface area contributed by atoms with Gasteiger partial charge in [0.05, 0.1) is 12.5 Å². The van der Waals surface area contributed by atoms with Crippen molar-refractivity contribution < 1.29 is 9.59 Å². The van der Waals surface area contributed by atoms with Gasteiger partial charge in [0, 0.05) is 10.5 Å². The summed E-state index contributed by atoms with van der Waals surface area (Å²) in [4.78, 5) is 22.5. The van der Waals surface area contributed by atoms with E-state index in [2.05, 4.69) is 26.6 Å². The van der Waals surface area contributed by atoms with Crippen molar-refractivity contribution in [3.63, 3.8) is 0 Å². The molecule has 4 nitrogen and oxygen atoms in total. The Hall–Kier alpha value is -1.20. The van der Waals surface area contributed by atoms with Crippen LogP contribution in [0.1, 0.15) is 24.9 Å². The summed E-state index contributed by atoms with van der Waals surface area (Å²) in [6, 6.07) is 7.49. The van der Waals surface area contributed by atoms with Gasteiger partial charge in [0.1, 0.15) is 0 Å². The summed E-state index contributed by atoms with van der Waals surface area (Å²) < 4.78 is 1.02. The molecular formula is C12H13BrN2O2. The third kappa shape index (κ3) is 2.92. The maximum Gasteiger partial charge on any atom is 0.244 e. The Labute approximate surface area is 108 Å². The molecule has 1 aliphatic rings. The Morgan fingerprint density at radius 1 is 1.35 bits per heavy atom. The topological polar surface area (TPSA) is 58.2 Å². The second kappa shape index (κ2) is 4.98. The van der Waals surface area contributed by atoms with Crippen molar-refractivity contribution in [2.75, 3.05) is 0 Å². The zero-order valence-electron chi connectivity index (χ0n) is 9.37. The van der Waals surface area contributed by atoms with Crippen LogP contribution in [-0.2, 0) is 9.59 Å². The zero-order chi connectivity index (χ0) is 12.4. The molecule has 1 aliphatic heterocycles. The van der Waals surface area contributed by atoms with Crippen LogP contribution in [0.4, 0.5) is 0 Å². The lowest BCUT2D eigenvalue weighted by atomic mass is 10.1. The van der Waals surface area contributed by atoms with Crippen molar-refractivity contribution in [2.24, 2.45) is 0 Å². The number of benzene rings is 1. The summed E-state index contributed by atoms with van der Waals surface area (Å²) in [6.07, 6.45) is 0.222. The summed E-state index contributed by atoms with van der Waals surface area (Å²) in [7, 11) is 0. The monoisotopic (exact) mass is 296 g/mol. The van der Waals surface area contributed by atoms with Crippen LogP contribution in [0.5, 0.6) is 0 Å². The average Bonchev–Trinajstić information content (AvgIpc) is 2.58. The van der Waals surface area contributed by atoms with E-state index >= 15 is 0 Å². The lowest BCUT2D eigenvalue weighted by Gasteiger charge is -2.17. The number of hydrogen-bond acceptors (Lipinski definition) is 3. The molecule has 2 N–H and O–H groups in total. The van der Waals surface area contributed by atoms with Crippen molar-refractivity contribution in [1.29, 1.82) is 0 Å². The van der Waals surface area contributed by atoms with Crippen LogP contribution in [0.15, 0.2) is 28.7 Å². The second-order valence-corrected chi connectivity index (χ2v) is 5.02. The summed E-state index contributed by atoms with van der Waals surface area (Å²) in [5, 5.41) is 5.43. The van der Waals surface area contributed by atoms with Crippen molar-refractivity contribution in [1.82, 2.24) is 10.6 Å². The van der Waals surface area contributed by atoms with Gasteiger partial charge in [0.25, 0.3) is 0 Å². The van der Waals surface area contributed by atoms with Crippen molar-refractivity contribution in [3.8, 4) is 0 Å². The van der Waals surface area contributed by atoms with Gasteiger partial charge in [-0.15, -0.1) is 0 Å². The Bertz CT molecular complexity index is 444. The molecule has 17 heavy (non-hydrogen) atoms. The van der Waals surface area contributed by atoms with E-state index in [0.717, 1.165) is 10.0 Å². The van der Waals surface area contributed by atoms with Crippen LogP contribution in [0.2, 0.25) is 0 Å². The molecule has 90 valence electrons. The van der Waals surface area contributed by atoms with Crippen LogP contribution < -0.4 is 10.6 Å². The van der Waals surface area contributed by atoms with E-state index in [1.54, 1.807) is 0 Å². The average molecular weight is 297 g/mol. The van der Waals surface area contributed by atoms with Crippen molar-refractivity contribution in [3.05, 3.63) is 34.3 Å². The van der Waals surface area contributed by atoms with Crippen LogP contribution in [0.25, 0.3) is 0 Å². The summed E-state index contributed by atoms with van der Waals surface area (Å²) in [6.45, 7) is 1.97. The molecule has 0 aliphatic carbocycles. The van der Waals surface area contributed by atoms with Gasteiger partial charge in [-0.2, -0.15) is 0 Å². The maximum atomic E-state index is 11.4. The first-order valence-electron chi connectivity index (χ1n) is 5.41. The van der Waals surface area contributed by atoms with Gasteiger partial charge in [-0.3, -0.25) is 20.2 Å². The van der Waals surface area contributed by atoms with E-state index in [4.69, 9.17) is 0 Å². The Morgan fingerprint density at radius 3 is 2.53 bits per heavy atom. The number of nitrogens with one attached hydrogen (secondary N) is 2. The number of carbonyl (C=O) groups is 2. The fourth-order valence-electron chi connectivity index (χ4n) is 1.84. The van der Waals surface area contributed by atoms with Gasteiger partial charge >= 0.3 is 0 Å². The van der Waals surface area contributed by atoms with Crippen molar-refractivity contribution >= 4 is 27.7 Å². The van der Waals surface area contributed by atoms with Gasteiger partial charge in [-0.05, 0) is 24.6 Å². The third-order valence-electron chi connectivity index (χ3n) is 2.79. The highest BCUT2D eigenvalue weighted by atomic mass is 79.9. The van der Waals surface area contributed by atoms with Crippen LogP contribution >= 0.6 is 15.9 Å². The lowest BCUT2D eigenvalue weighted by molar-refractivity contribution is -0.125. The van der Waals surface area contributed by atoms with Gasteiger partial charge < -0.3 is 0 Å². The molecule has 1 fully saturated rings. The van der Waals surface area contributed by atoms with E-state index in [1.165, 1.54) is 0 Å². The Kier molecular flexibility index (Phi) is 3.59. The largest absolute Gasteiger partial charge is 0.299 e. The number of halogens is 1. The van der Waals surface area contributed by atoms with Gasteiger partial charge in [0.2, 0.25) is 11.8 Å². The molecule has 2 atom stereocenters. The summed E-state index contributed by atoms with van der Waals surface area (Å²) in [5.41, 5.74) is 1.08. The molecule has 1 unspecified atom stereocenters. The Morgan fingerprint density at radius 2 is 2.00 bits per heavy atom. The molecule has 0 spiro atoms. The summed E-state index contributed by atoms with van der Waals surface area (Å²) >= 11 is 3.37. The fourth-order valence-corrected chi connectivity index (χ4v) is 2.10. The minimum Gasteiger partial charge on any atom is -0.299 e. The molecule has 0 saturated carbocycles. The maximum absolute atomic E-state index is 11.4. The molecule has 0 bridgehead atoms. The van der Waals surface area contributed by atoms with Gasteiger partial charge in [-0.25, -0.2) is 0 Å². The molecular weight excluding hydrogens is 284 g/mol. The predicted molar refractivity (Wildman–Crippen MR) is 67.2 cm³/mol. The standard InChI is InChI=1S/C12H13BrN2O2/c1-7(8-2-4-9(13)5-3-8)14-10-6-11(16)15-12(10)17/h2-5,7,10,14H,6H2,1H3,(H,15,16,17)/t7-,10?/m0/s1. The van der Waals surface area contributed by atoms with E-state index in [9.17, 15) is 9.59 Å². The Balaban J connectivity index is 2.01. The smallest absolute Gasteiger partial charge is 0.244 e. The minimum absolute atomic E-state index is 0.0322. The third-order valence-corrected chi connectivity index (χ3v) is 3.32. The number of carbonyl (C=O) groups excluding carboxylic acids is 2. The van der Waals surface area contributed by atoms with Gasteiger partial charge in [0.15, 0.2) is 0 Å². The molecule has 1 aromatic rings.